The zero-order valence-electron chi connectivity index (χ0n) is 25.1. The van der Waals surface area contributed by atoms with Crippen LogP contribution in [0.15, 0.2) is 0 Å². The summed E-state index contributed by atoms with van der Waals surface area (Å²) in [6.45, 7) is 3.08. The van der Waals surface area contributed by atoms with Gasteiger partial charge in [0.2, 0.25) is 0 Å². The van der Waals surface area contributed by atoms with E-state index >= 15 is 0 Å². The van der Waals surface area contributed by atoms with Gasteiger partial charge in [-0.2, -0.15) is 0 Å². The summed E-state index contributed by atoms with van der Waals surface area (Å²) in [6, 6.07) is 0. The number of hydrogen-bond acceptors (Lipinski definition) is 9. The van der Waals surface area contributed by atoms with Crippen molar-refractivity contribution >= 4 is 23.9 Å². The third kappa shape index (κ3) is 33.8. The van der Waals surface area contributed by atoms with E-state index in [0.29, 0.717) is 6.42 Å². The maximum Gasteiger partial charge on any atom is 0.336 e. The minimum atomic E-state index is -2.61. The van der Waals surface area contributed by atoms with Crippen molar-refractivity contribution in [2.24, 2.45) is 0 Å². The summed E-state index contributed by atoms with van der Waals surface area (Å²) < 4.78 is 4.41. The van der Waals surface area contributed by atoms with Crippen molar-refractivity contribution in [1.82, 2.24) is 0 Å². The molecule has 1 atom stereocenters. The monoisotopic (exact) mass is 596 g/mol. The van der Waals surface area contributed by atoms with Crippen LogP contribution < -0.4 is 0 Å². The number of carboxylic acid groups (broad SMARTS) is 3. The van der Waals surface area contributed by atoms with Gasteiger partial charge in [0.25, 0.3) is 0 Å². The van der Waals surface area contributed by atoms with Gasteiger partial charge in [0.15, 0.2) is 5.60 Å². The van der Waals surface area contributed by atoms with Gasteiger partial charge in [-0.3, -0.25) is 14.4 Å². The van der Waals surface area contributed by atoms with Crippen molar-refractivity contribution in [3.05, 3.63) is 0 Å². The molecular formula is C29H56O12. The summed E-state index contributed by atoms with van der Waals surface area (Å²) in [6.07, 6.45) is 17.3. The highest BCUT2D eigenvalue weighted by Gasteiger charge is 2.41. The second kappa shape index (κ2) is 30.7. The van der Waals surface area contributed by atoms with E-state index in [9.17, 15) is 24.3 Å². The Morgan fingerprint density at radius 2 is 1.02 bits per heavy atom. The van der Waals surface area contributed by atoms with Crippen LogP contribution in [0.4, 0.5) is 0 Å². The van der Waals surface area contributed by atoms with Crippen molar-refractivity contribution < 1.29 is 59.7 Å². The number of hydrogen-bond donors (Lipinski definition) is 7. The smallest absolute Gasteiger partial charge is 0.336 e. The predicted octanol–water partition coefficient (Wildman–Crippen LogP) is 3.89. The Balaban J connectivity index is -0.000000603. The van der Waals surface area contributed by atoms with Crippen molar-refractivity contribution in [3.63, 3.8) is 0 Å². The molecule has 7 N–H and O–H groups in total. The molecule has 0 aromatic rings. The predicted molar refractivity (Wildman–Crippen MR) is 153 cm³/mol. The molecule has 0 radical (unpaired) electrons. The number of ether oxygens (including phenoxy) is 1. The van der Waals surface area contributed by atoms with Gasteiger partial charge >= 0.3 is 23.9 Å². The lowest BCUT2D eigenvalue weighted by atomic mass is 9.96. The van der Waals surface area contributed by atoms with E-state index in [1.54, 1.807) is 0 Å². The fourth-order valence-corrected chi connectivity index (χ4v) is 3.62. The summed E-state index contributed by atoms with van der Waals surface area (Å²) in [5.41, 5.74) is -2.61. The molecule has 0 aromatic carbocycles. The molecule has 0 bridgehead atoms. The minimum Gasteiger partial charge on any atom is -0.481 e. The van der Waals surface area contributed by atoms with Crippen LogP contribution in [-0.2, 0) is 23.9 Å². The van der Waals surface area contributed by atoms with Crippen LogP contribution in [0.2, 0.25) is 0 Å². The van der Waals surface area contributed by atoms with E-state index < -0.39 is 48.4 Å². The van der Waals surface area contributed by atoms with Crippen molar-refractivity contribution in [1.29, 1.82) is 0 Å². The van der Waals surface area contributed by atoms with Crippen LogP contribution in [0.5, 0.6) is 0 Å². The molecule has 244 valence electrons. The number of aliphatic hydroxyl groups is 4. The molecular weight excluding hydrogens is 540 g/mol. The third-order valence-corrected chi connectivity index (χ3v) is 6.00. The number of esters is 1. The molecule has 12 nitrogen and oxygen atoms in total. The second-order valence-corrected chi connectivity index (χ2v) is 10.0. The van der Waals surface area contributed by atoms with Crippen LogP contribution in [0.3, 0.4) is 0 Å². The van der Waals surface area contributed by atoms with Gasteiger partial charge in [0.1, 0.15) is 6.10 Å². The molecule has 0 amide bonds. The van der Waals surface area contributed by atoms with Gasteiger partial charge in [0, 0.05) is 6.42 Å². The first kappa shape index (κ1) is 43.2. The molecule has 0 aromatic heterocycles. The van der Waals surface area contributed by atoms with E-state index in [1.807, 2.05) is 0 Å². The highest BCUT2D eigenvalue weighted by Crippen LogP contribution is 2.17. The summed E-state index contributed by atoms with van der Waals surface area (Å²) in [7, 11) is 0. The Hall–Kier alpha value is -2.28. The quantitative estimate of drug-likeness (QED) is 0.0623. The zero-order chi connectivity index (χ0) is 31.9. The Labute approximate surface area is 244 Å². The number of carbonyl (C=O) groups excluding carboxylic acids is 1. The molecule has 0 aliphatic carbocycles. The SMILES string of the molecule is CCCCCCCCCCCCCCCCCC(=O)O.CCOC(=O)CC(O)(CC(=O)O)C(=O)O.OCC(O)CO. The number of carboxylic acids is 3. The molecule has 0 saturated carbocycles. The van der Waals surface area contributed by atoms with E-state index in [-0.39, 0.29) is 19.8 Å². The molecule has 0 fully saturated rings. The lowest BCUT2D eigenvalue weighted by Crippen LogP contribution is -2.43. The van der Waals surface area contributed by atoms with Gasteiger partial charge in [-0.1, -0.05) is 96.8 Å². The standard InChI is InChI=1S/C18H36O2.C8H12O7.C3H8O3/c1-2-3-4-5-6-7-8-9-10-11-12-13-14-15-16-17-18(19)20;1-2-15-6(11)4-8(14,7(12)13)3-5(9)10;4-1-3(6)2-5/h2-17H2,1H3,(H,19,20);14H,2-4H2,1H3,(H,9,10)(H,12,13);3-6H,1-2H2. The molecule has 1 unspecified atom stereocenters. The Kier molecular flexibility index (Phi) is 32.3. The summed E-state index contributed by atoms with van der Waals surface area (Å²) in [4.78, 5) is 42.1. The molecule has 0 saturated heterocycles. The van der Waals surface area contributed by atoms with Gasteiger partial charge in [-0.25, -0.2) is 4.79 Å². The molecule has 0 aliphatic rings. The topological polar surface area (TPSA) is 219 Å². The fraction of sp³-hybridized carbons (Fsp3) is 0.862. The summed E-state index contributed by atoms with van der Waals surface area (Å²) in [5.74, 6) is -4.88. The maximum atomic E-state index is 10.9. The Bertz CT molecular complexity index is 652. The molecule has 0 spiro atoms. The minimum absolute atomic E-state index is 0.0294. The average Bonchev–Trinajstić information content (AvgIpc) is 2.90. The van der Waals surface area contributed by atoms with E-state index in [0.717, 1.165) is 12.8 Å². The number of unbranched alkanes of at least 4 members (excludes halogenated alkanes) is 14. The molecule has 0 heterocycles. The largest absolute Gasteiger partial charge is 0.481 e. The first-order valence-corrected chi connectivity index (χ1v) is 14.8. The highest BCUT2D eigenvalue weighted by atomic mass is 16.5. The number of carbonyl (C=O) groups is 4. The summed E-state index contributed by atoms with van der Waals surface area (Å²) >= 11 is 0. The molecule has 0 rings (SSSR count). The van der Waals surface area contributed by atoms with Gasteiger partial charge in [-0.15, -0.1) is 0 Å². The molecule has 12 heteroatoms. The van der Waals surface area contributed by atoms with Crippen molar-refractivity contribution in [2.75, 3.05) is 19.8 Å². The first-order chi connectivity index (χ1) is 19.4. The van der Waals surface area contributed by atoms with Crippen molar-refractivity contribution in [3.8, 4) is 0 Å². The lowest BCUT2D eigenvalue weighted by molar-refractivity contribution is -0.171. The zero-order valence-corrected chi connectivity index (χ0v) is 25.1. The van der Waals surface area contributed by atoms with Gasteiger partial charge in [0.05, 0.1) is 32.7 Å². The number of rotatable bonds is 24. The van der Waals surface area contributed by atoms with E-state index in [4.69, 9.17) is 30.6 Å². The third-order valence-electron chi connectivity index (χ3n) is 6.00. The van der Waals surface area contributed by atoms with Gasteiger partial charge in [-0.05, 0) is 13.3 Å². The number of aliphatic carboxylic acids is 3. The molecule has 0 aliphatic heterocycles. The fourth-order valence-electron chi connectivity index (χ4n) is 3.62. The summed E-state index contributed by atoms with van der Waals surface area (Å²) in [5, 5.41) is 58.9. The lowest BCUT2D eigenvalue weighted by Gasteiger charge is -2.19. The van der Waals surface area contributed by atoms with Gasteiger partial charge < -0.3 is 40.5 Å². The van der Waals surface area contributed by atoms with Crippen LogP contribution in [-0.4, -0.2) is 91.1 Å². The van der Waals surface area contributed by atoms with Crippen LogP contribution in [0.25, 0.3) is 0 Å². The van der Waals surface area contributed by atoms with E-state index in [2.05, 4.69) is 11.7 Å². The normalized spacial score (nSPS) is 11.9. The molecule has 41 heavy (non-hydrogen) atoms. The second-order valence-electron chi connectivity index (χ2n) is 10.0. The van der Waals surface area contributed by atoms with Crippen LogP contribution >= 0.6 is 0 Å². The average molecular weight is 597 g/mol. The van der Waals surface area contributed by atoms with Crippen LogP contribution in [0.1, 0.15) is 129 Å². The van der Waals surface area contributed by atoms with Crippen molar-refractivity contribution in [2.45, 2.75) is 141 Å². The first-order valence-electron chi connectivity index (χ1n) is 14.8. The Morgan fingerprint density at radius 1 is 0.634 bits per heavy atom. The van der Waals surface area contributed by atoms with Crippen LogP contribution in [0, 0.1) is 0 Å². The maximum absolute atomic E-state index is 10.9. The Morgan fingerprint density at radius 3 is 1.29 bits per heavy atom. The van der Waals surface area contributed by atoms with E-state index in [1.165, 1.54) is 90.4 Å². The number of aliphatic hydroxyl groups excluding tert-OH is 3. The highest BCUT2D eigenvalue weighted by molar-refractivity contribution is 5.88.